The molecule has 0 bridgehead atoms. The Kier molecular flexibility index (Phi) is 7.18. The molecule has 0 saturated heterocycles. The van der Waals surface area contributed by atoms with E-state index in [1.54, 1.807) is 31.2 Å². The number of Topliss-reactive ketones (excluding diaryl/α,β-unsaturated/α-hetero) is 1. The molecule has 7 nitrogen and oxygen atoms in total. The van der Waals surface area contributed by atoms with Gasteiger partial charge in [-0.05, 0) is 44.5 Å². The first-order chi connectivity index (χ1) is 10.7. The van der Waals surface area contributed by atoms with Gasteiger partial charge in [0.25, 0.3) is 5.91 Å². The highest BCUT2D eigenvalue weighted by atomic mass is 32.2. The maximum atomic E-state index is 11.9. The number of benzene rings is 1. The molecule has 0 aliphatic rings. The molecular weight excluding hydrogens is 320 g/mol. The summed E-state index contributed by atoms with van der Waals surface area (Å²) in [5.74, 6) is 0.168. The van der Waals surface area contributed by atoms with Gasteiger partial charge in [0.05, 0.1) is 6.26 Å². The van der Waals surface area contributed by atoms with Gasteiger partial charge in [-0.15, -0.1) is 0 Å². The predicted molar refractivity (Wildman–Crippen MR) is 87.0 cm³/mol. The van der Waals surface area contributed by atoms with Crippen LogP contribution in [0, 0.1) is 0 Å². The lowest BCUT2D eigenvalue weighted by atomic mass is 10.1. The van der Waals surface area contributed by atoms with Crippen molar-refractivity contribution < 1.29 is 22.7 Å². The highest BCUT2D eigenvalue weighted by molar-refractivity contribution is 7.88. The fourth-order valence-electron chi connectivity index (χ4n) is 1.73. The van der Waals surface area contributed by atoms with E-state index in [0.29, 0.717) is 24.3 Å². The van der Waals surface area contributed by atoms with Gasteiger partial charge >= 0.3 is 0 Å². The summed E-state index contributed by atoms with van der Waals surface area (Å²) in [4.78, 5) is 23.0. The monoisotopic (exact) mass is 342 g/mol. The molecule has 8 heteroatoms. The van der Waals surface area contributed by atoms with E-state index in [-0.39, 0.29) is 18.2 Å². The number of rotatable bonds is 9. The molecule has 2 N–H and O–H groups in total. The second-order valence-electron chi connectivity index (χ2n) is 5.15. The van der Waals surface area contributed by atoms with Gasteiger partial charge in [-0.1, -0.05) is 0 Å². The Hall–Kier alpha value is -1.93. The summed E-state index contributed by atoms with van der Waals surface area (Å²) >= 11 is 0. The number of amides is 1. The summed E-state index contributed by atoms with van der Waals surface area (Å²) in [7, 11) is -3.20. The average Bonchev–Trinajstić information content (AvgIpc) is 2.46. The molecule has 23 heavy (non-hydrogen) atoms. The first-order valence-electron chi connectivity index (χ1n) is 7.19. The van der Waals surface area contributed by atoms with Crippen LogP contribution >= 0.6 is 0 Å². The maximum absolute atomic E-state index is 11.9. The third-order valence-electron chi connectivity index (χ3n) is 2.96. The highest BCUT2D eigenvalue weighted by Gasteiger charge is 2.14. The van der Waals surface area contributed by atoms with Crippen LogP contribution in [0.1, 0.15) is 30.6 Å². The molecule has 0 saturated carbocycles. The van der Waals surface area contributed by atoms with Crippen molar-refractivity contribution in [1.82, 2.24) is 10.0 Å². The zero-order valence-corrected chi connectivity index (χ0v) is 14.3. The molecule has 1 aromatic carbocycles. The van der Waals surface area contributed by atoms with Gasteiger partial charge in [0.15, 0.2) is 11.9 Å². The first-order valence-corrected chi connectivity index (χ1v) is 9.08. The van der Waals surface area contributed by atoms with Crippen LogP contribution in [0.15, 0.2) is 24.3 Å². The molecule has 1 atom stereocenters. The van der Waals surface area contributed by atoms with Crippen LogP contribution in [0.3, 0.4) is 0 Å². The SMILES string of the molecule is CC(=O)c1ccc(O[C@H](C)C(=O)NCCCNS(C)(=O)=O)cc1. The Balaban J connectivity index is 2.34. The van der Waals surface area contributed by atoms with E-state index in [1.165, 1.54) is 6.92 Å². The van der Waals surface area contributed by atoms with Crippen LogP contribution in [0.2, 0.25) is 0 Å². The van der Waals surface area contributed by atoms with Crippen molar-refractivity contribution in [3.63, 3.8) is 0 Å². The Labute approximate surface area is 136 Å². The predicted octanol–water partition coefficient (Wildman–Crippen LogP) is 0.712. The number of ether oxygens (including phenoxy) is 1. The highest BCUT2D eigenvalue weighted by Crippen LogP contribution is 2.14. The number of hydrogen-bond donors (Lipinski definition) is 2. The van der Waals surface area contributed by atoms with E-state index in [1.807, 2.05) is 0 Å². The fourth-order valence-corrected chi connectivity index (χ4v) is 2.24. The molecule has 0 aliphatic heterocycles. The summed E-state index contributed by atoms with van der Waals surface area (Å²) in [5.41, 5.74) is 0.577. The molecule has 0 spiro atoms. The normalized spacial score (nSPS) is 12.5. The minimum absolute atomic E-state index is 0.0370. The zero-order valence-electron chi connectivity index (χ0n) is 13.5. The van der Waals surface area contributed by atoms with Crippen molar-refractivity contribution in [3.8, 4) is 5.75 Å². The first kappa shape index (κ1) is 19.1. The molecule has 1 amide bonds. The van der Waals surface area contributed by atoms with Gasteiger partial charge in [0.1, 0.15) is 5.75 Å². The van der Waals surface area contributed by atoms with Crippen molar-refractivity contribution in [3.05, 3.63) is 29.8 Å². The maximum Gasteiger partial charge on any atom is 0.260 e. The summed E-state index contributed by atoms with van der Waals surface area (Å²) in [5, 5.41) is 2.67. The minimum Gasteiger partial charge on any atom is -0.481 e. The number of ketones is 1. The van der Waals surface area contributed by atoms with Crippen LogP contribution in [0.5, 0.6) is 5.75 Å². The van der Waals surface area contributed by atoms with Gasteiger partial charge in [-0.25, -0.2) is 13.1 Å². The smallest absolute Gasteiger partial charge is 0.260 e. The molecule has 128 valence electrons. The van der Waals surface area contributed by atoms with E-state index >= 15 is 0 Å². The molecule has 0 fully saturated rings. The molecule has 0 aromatic heterocycles. The van der Waals surface area contributed by atoms with E-state index in [9.17, 15) is 18.0 Å². The zero-order chi connectivity index (χ0) is 17.5. The van der Waals surface area contributed by atoms with E-state index < -0.39 is 16.1 Å². The summed E-state index contributed by atoms with van der Waals surface area (Å²) in [6.45, 7) is 3.70. The van der Waals surface area contributed by atoms with Crippen molar-refractivity contribution in [1.29, 1.82) is 0 Å². The lowest BCUT2D eigenvalue weighted by molar-refractivity contribution is -0.127. The van der Waals surface area contributed by atoms with Gasteiger partial charge < -0.3 is 10.1 Å². The van der Waals surface area contributed by atoms with Gasteiger partial charge in [0, 0.05) is 18.7 Å². The fraction of sp³-hybridized carbons (Fsp3) is 0.467. The summed E-state index contributed by atoms with van der Waals surface area (Å²) in [6.07, 6.45) is 0.874. The Morgan fingerprint density at radius 3 is 2.30 bits per heavy atom. The van der Waals surface area contributed by atoms with E-state index in [4.69, 9.17) is 4.74 Å². The van der Waals surface area contributed by atoms with Crippen LogP contribution < -0.4 is 14.8 Å². The lowest BCUT2D eigenvalue weighted by Crippen LogP contribution is -2.37. The Morgan fingerprint density at radius 1 is 1.17 bits per heavy atom. The van der Waals surface area contributed by atoms with Crippen molar-refractivity contribution >= 4 is 21.7 Å². The number of carbonyl (C=O) groups is 2. The van der Waals surface area contributed by atoms with Crippen LogP contribution in [0.25, 0.3) is 0 Å². The Bertz CT molecular complexity index is 640. The summed E-state index contributed by atoms with van der Waals surface area (Å²) < 4.78 is 29.6. The molecule has 0 radical (unpaired) electrons. The quantitative estimate of drug-likeness (QED) is 0.508. The second kappa shape index (κ2) is 8.64. The minimum atomic E-state index is -3.20. The van der Waals surface area contributed by atoms with Crippen molar-refractivity contribution in [2.45, 2.75) is 26.4 Å². The average molecular weight is 342 g/mol. The van der Waals surface area contributed by atoms with Gasteiger partial charge in [-0.3, -0.25) is 9.59 Å². The second-order valence-corrected chi connectivity index (χ2v) is 6.98. The van der Waals surface area contributed by atoms with Crippen molar-refractivity contribution in [2.75, 3.05) is 19.3 Å². The third kappa shape index (κ3) is 7.75. The lowest BCUT2D eigenvalue weighted by Gasteiger charge is -2.15. The topological polar surface area (TPSA) is 102 Å². The van der Waals surface area contributed by atoms with Crippen molar-refractivity contribution in [2.24, 2.45) is 0 Å². The largest absolute Gasteiger partial charge is 0.481 e. The molecule has 1 rings (SSSR count). The van der Waals surface area contributed by atoms with Gasteiger partial charge in [-0.2, -0.15) is 0 Å². The molecule has 0 heterocycles. The number of sulfonamides is 1. The van der Waals surface area contributed by atoms with Crippen LogP contribution in [0.4, 0.5) is 0 Å². The number of nitrogens with one attached hydrogen (secondary N) is 2. The standard InChI is InChI=1S/C15H22N2O5S/c1-11(18)13-5-7-14(8-6-13)22-12(2)15(19)16-9-4-10-17-23(3,20)21/h5-8,12,17H,4,9-10H2,1-3H3,(H,16,19)/t12-/m1/s1. The Morgan fingerprint density at radius 2 is 1.78 bits per heavy atom. The van der Waals surface area contributed by atoms with E-state index in [2.05, 4.69) is 10.0 Å². The molecule has 0 unspecified atom stereocenters. The summed E-state index contributed by atoms with van der Waals surface area (Å²) in [6, 6.07) is 6.55. The molecular formula is C15H22N2O5S. The van der Waals surface area contributed by atoms with Gasteiger partial charge in [0.2, 0.25) is 10.0 Å². The number of carbonyl (C=O) groups excluding carboxylic acids is 2. The van der Waals surface area contributed by atoms with Crippen LogP contribution in [-0.4, -0.2) is 45.6 Å². The number of hydrogen-bond acceptors (Lipinski definition) is 5. The molecule has 1 aromatic rings. The third-order valence-corrected chi connectivity index (χ3v) is 3.69. The van der Waals surface area contributed by atoms with Crippen LogP contribution in [-0.2, 0) is 14.8 Å². The van der Waals surface area contributed by atoms with E-state index in [0.717, 1.165) is 6.26 Å². The molecule has 0 aliphatic carbocycles.